The topological polar surface area (TPSA) is 73.0 Å². The number of piperidine rings is 1. The standard InChI is InChI=1S/C21H25N5O2/c1-3-19(26-12-18(15(2)27)17-6-4-5-7-20(17)26)21(28)24-10-8-16(9-11-24)25-13-22-23-14-25/h4-7,12-14,16,19H,3,8-11H2,1-2H3. The molecule has 7 nitrogen and oxygen atoms in total. The van der Waals surface area contributed by atoms with Crippen molar-refractivity contribution in [1.82, 2.24) is 24.2 Å². The number of hydrogen-bond donors (Lipinski definition) is 0. The Morgan fingerprint density at radius 3 is 2.46 bits per heavy atom. The van der Waals surface area contributed by atoms with E-state index in [0.717, 1.165) is 36.8 Å². The van der Waals surface area contributed by atoms with Gasteiger partial charge in [-0.1, -0.05) is 25.1 Å². The number of rotatable bonds is 5. The number of ketones is 1. The Morgan fingerprint density at radius 2 is 1.82 bits per heavy atom. The van der Waals surface area contributed by atoms with Crippen LogP contribution >= 0.6 is 0 Å². The minimum atomic E-state index is -0.301. The molecular formula is C21H25N5O2. The second-order valence-electron chi connectivity index (χ2n) is 7.41. The van der Waals surface area contributed by atoms with E-state index in [0.29, 0.717) is 18.0 Å². The Labute approximate surface area is 164 Å². The van der Waals surface area contributed by atoms with Crippen LogP contribution in [0.3, 0.4) is 0 Å². The molecule has 0 spiro atoms. The summed E-state index contributed by atoms with van der Waals surface area (Å²) in [5, 5.41) is 8.67. The predicted molar refractivity (Wildman–Crippen MR) is 106 cm³/mol. The summed E-state index contributed by atoms with van der Waals surface area (Å²) in [6.07, 6.45) is 7.80. The largest absolute Gasteiger partial charge is 0.341 e. The molecule has 1 saturated heterocycles. The van der Waals surface area contributed by atoms with E-state index in [-0.39, 0.29) is 17.7 Å². The van der Waals surface area contributed by atoms with Gasteiger partial charge in [0.15, 0.2) is 5.78 Å². The second-order valence-corrected chi connectivity index (χ2v) is 7.41. The van der Waals surface area contributed by atoms with Crippen molar-refractivity contribution < 1.29 is 9.59 Å². The maximum absolute atomic E-state index is 13.3. The lowest BCUT2D eigenvalue weighted by molar-refractivity contribution is -0.136. The summed E-state index contributed by atoms with van der Waals surface area (Å²) in [5.41, 5.74) is 1.61. The lowest BCUT2D eigenvalue weighted by Crippen LogP contribution is -2.42. The van der Waals surface area contributed by atoms with Crippen LogP contribution in [0.2, 0.25) is 0 Å². The SMILES string of the molecule is CCC(C(=O)N1CCC(n2cnnc2)CC1)n1cc(C(C)=O)c2ccccc21. The van der Waals surface area contributed by atoms with E-state index in [1.165, 1.54) is 0 Å². The van der Waals surface area contributed by atoms with Crippen LogP contribution in [0.15, 0.2) is 43.1 Å². The summed E-state index contributed by atoms with van der Waals surface area (Å²) in [5.74, 6) is 0.146. The van der Waals surface area contributed by atoms with Gasteiger partial charge in [-0.2, -0.15) is 0 Å². The Kier molecular flexibility index (Phi) is 4.98. The van der Waals surface area contributed by atoms with Gasteiger partial charge in [0.2, 0.25) is 5.91 Å². The van der Waals surface area contributed by atoms with Crippen LogP contribution in [0.1, 0.15) is 55.6 Å². The second kappa shape index (κ2) is 7.58. The van der Waals surface area contributed by atoms with Crippen LogP contribution in [0, 0.1) is 0 Å². The number of fused-ring (bicyclic) bond motifs is 1. The Balaban J connectivity index is 1.57. The summed E-state index contributed by atoms with van der Waals surface area (Å²) in [6.45, 7) is 5.03. The number of carbonyl (C=O) groups excluding carboxylic acids is 2. The number of amides is 1. The summed E-state index contributed by atoms with van der Waals surface area (Å²) in [7, 11) is 0. The summed E-state index contributed by atoms with van der Waals surface area (Å²) in [4.78, 5) is 27.4. The fourth-order valence-corrected chi connectivity index (χ4v) is 4.23. The van der Waals surface area contributed by atoms with Gasteiger partial charge in [-0.3, -0.25) is 9.59 Å². The lowest BCUT2D eigenvalue weighted by Gasteiger charge is -2.34. The van der Waals surface area contributed by atoms with Crippen LogP contribution in [-0.4, -0.2) is 49.0 Å². The van der Waals surface area contributed by atoms with Gasteiger partial charge < -0.3 is 14.0 Å². The van der Waals surface area contributed by atoms with Crippen molar-refractivity contribution in [1.29, 1.82) is 0 Å². The van der Waals surface area contributed by atoms with Crippen molar-refractivity contribution in [2.24, 2.45) is 0 Å². The highest BCUT2D eigenvalue weighted by Crippen LogP contribution is 2.29. The van der Waals surface area contributed by atoms with Crippen molar-refractivity contribution in [3.8, 4) is 0 Å². The molecule has 1 aliphatic rings. The minimum Gasteiger partial charge on any atom is -0.341 e. The first-order valence-corrected chi connectivity index (χ1v) is 9.83. The fourth-order valence-electron chi connectivity index (χ4n) is 4.23. The third-order valence-electron chi connectivity index (χ3n) is 5.76. The van der Waals surface area contributed by atoms with Crippen LogP contribution in [0.5, 0.6) is 0 Å². The number of Topliss-reactive ketones (excluding diaryl/α,β-unsaturated/α-hetero) is 1. The average molecular weight is 379 g/mol. The monoisotopic (exact) mass is 379 g/mol. The van der Waals surface area contributed by atoms with Crippen LogP contribution in [-0.2, 0) is 4.79 Å². The number of aromatic nitrogens is 4. The van der Waals surface area contributed by atoms with E-state index >= 15 is 0 Å². The highest BCUT2D eigenvalue weighted by atomic mass is 16.2. The first-order chi connectivity index (χ1) is 13.6. The van der Waals surface area contributed by atoms with E-state index in [1.54, 1.807) is 19.6 Å². The third kappa shape index (κ3) is 3.21. The maximum Gasteiger partial charge on any atom is 0.245 e. The molecule has 1 aromatic carbocycles. The molecule has 7 heteroatoms. The molecule has 1 fully saturated rings. The van der Waals surface area contributed by atoms with E-state index in [9.17, 15) is 9.59 Å². The smallest absolute Gasteiger partial charge is 0.245 e. The van der Waals surface area contributed by atoms with Gasteiger partial charge in [-0.05, 0) is 32.3 Å². The first-order valence-electron chi connectivity index (χ1n) is 9.83. The van der Waals surface area contributed by atoms with Gasteiger partial charge in [0.25, 0.3) is 0 Å². The highest BCUT2D eigenvalue weighted by Gasteiger charge is 2.30. The maximum atomic E-state index is 13.3. The molecule has 3 aromatic rings. The molecule has 146 valence electrons. The van der Waals surface area contributed by atoms with Crippen molar-refractivity contribution >= 4 is 22.6 Å². The number of carbonyl (C=O) groups is 2. The first kappa shape index (κ1) is 18.4. The van der Waals surface area contributed by atoms with Gasteiger partial charge in [0.05, 0.1) is 0 Å². The molecule has 28 heavy (non-hydrogen) atoms. The molecule has 1 amide bonds. The minimum absolute atomic E-state index is 0.0204. The molecule has 0 bridgehead atoms. The van der Waals surface area contributed by atoms with Crippen LogP contribution in [0.25, 0.3) is 10.9 Å². The Bertz CT molecular complexity index is 984. The number of para-hydroxylation sites is 1. The van der Waals surface area contributed by atoms with Crippen molar-refractivity contribution in [3.05, 3.63) is 48.7 Å². The Morgan fingerprint density at radius 1 is 1.14 bits per heavy atom. The summed E-state index contributed by atoms with van der Waals surface area (Å²) >= 11 is 0. The number of benzene rings is 1. The molecular weight excluding hydrogens is 354 g/mol. The van der Waals surface area contributed by atoms with Crippen LogP contribution < -0.4 is 0 Å². The van der Waals surface area contributed by atoms with Gasteiger partial charge in [-0.25, -0.2) is 0 Å². The normalized spacial score (nSPS) is 16.4. The molecule has 4 rings (SSSR count). The highest BCUT2D eigenvalue weighted by molar-refractivity contribution is 6.07. The molecule has 2 aromatic heterocycles. The van der Waals surface area contributed by atoms with Crippen molar-refractivity contribution in [2.75, 3.05) is 13.1 Å². The average Bonchev–Trinajstić information content (AvgIpc) is 3.37. The number of hydrogen-bond acceptors (Lipinski definition) is 4. The lowest BCUT2D eigenvalue weighted by atomic mass is 10.0. The fraction of sp³-hybridized carbons (Fsp3) is 0.429. The van der Waals surface area contributed by atoms with Crippen LogP contribution in [0.4, 0.5) is 0 Å². The van der Waals surface area contributed by atoms with Crippen molar-refractivity contribution in [2.45, 2.75) is 45.2 Å². The van der Waals surface area contributed by atoms with E-state index in [2.05, 4.69) is 10.2 Å². The molecule has 3 heterocycles. The molecule has 0 radical (unpaired) electrons. The Hall–Kier alpha value is -2.96. The molecule has 1 aliphatic heterocycles. The summed E-state index contributed by atoms with van der Waals surface area (Å²) in [6, 6.07) is 7.85. The zero-order valence-corrected chi connectivity index (χ0v) is 16.3. The van der Waals surface area contributed by atoms with Gasteiger partial charge >= 0.3 is 0 Å². The van der Waals surface area contributed by atoms with Gasteiger partial charge in [0.1, 0.15) is 18.7 Å². The third-order valence-corrected chi connectivity index (χ3v) is 5.76. The molecule has 0 saturated carbocycles. The quantitative estimate of drug-likeness (QED) is 0.638. The zero-order chi connectivity index (χ0) is 19.7. The van der Waals surface area contributed by atoms with E-state index in [4.69, 9.17) is 0 Å². The molecule has 1 atom stereocenters. The number of nitrogens with zero attached hydrogens (tertiary/aromatic N) is 5. The van der Waals surface area contributed by atoms with Gasteiger partial charge in [0, 0.05) is 41.8 Å². The molecule has 1 unspecified atom stereocenters. The summed E-state index contributed by atoms with van der Waals surface area (Å²) < 4.78 is 4.01. The zero-order valence-electron chi connectivity index (χ0n) is 16.3. The van der Waals surface area contributed by atoms with E-state index in [1.807, 2.05) is 51.4 Å². The number of likely N-dealkylation sites (tertiary alicyclic amines) is 1. The van der Waals surface area contributed by atoms with Gasteiger partial charge in [-0.15, -0.1) is 10.2 Å². The van der Waals surface area contributed by atoms with E-state index < -0.39 is 0 Å². The van der Waals surface area contributed by atoms with Crippen molar-refractivity contribution in [3.63, 3.8) is 0 Å². The predicted octanol–water partition coefficient (Wildman–Crippen LogP) is 3.25. The molecule has 0 N–H and O–H groups in total. The molecule has 0 aliphatic carbocycles.